The number of fused-ring (bicyclic) bond motifs is 1. The van der Waals surface area contributed by atoms with Crippen LogP contribution < -0.4 is 0 Å². The standard InChI is InChI=1S/C16H15ClO/c17-13-8-6-12-7-9-14(16(18)15(12)10-13)11-4-2-1-3-5-11/h1-6,8,10,14,16,18H,7,9H2/t14-,16-/m0/s1. The van der Waals surface area contributed by atoms with E-state index in [4.69, 9.17) is 11.6 Å². The summed E-state index contributed by atoms with van der Waals surface area (Å²) in [5.74, 6) is 0.178. The van der Waals surface area contributed by atoms with E-state index in [2.05, 4.69) is 12.1 Å². The summed E-state index contributed by atoms with van der Waals surface area (Å²) >= 11 is 6.02. The molecule has 0 heterocycles. The van der Waals surface area contributed by atoms with Gasteiger partial charge >= 0.3 is 0 Å². The number of benzene rings is 2. The van der Waals surface area contributed by atoms with Crippen LogP contribution in [0, 0.1) is 0 Å². The first kappa shape index (κ1) is 11.8. The second-order valence-electron chi connectivity index (χ2n) is 4.84. The molecule has 0 saturated carbocycles. The van der Waals surface area contributed by atoms with Crippen molar-refractivity contribution in [1.82, 2.24) is 0 Å². The topological polar surface area (TPSA) is 20.2 Å². The van der Waals surface area contributed by atoms with Gasteiger partial charge < -0.3 is 5.11 Å². The van der Waals surface area contributed by atoms with Crippen molar-refractivity contribution >= 4 is 11.6 Å². The first-order valence-electron chi connectivity index (χ1n) is 6.27. The van der Waals surface area contributed by atoms with E-state index in [1.807, 2.05) is 36.4 Å². The van der Waals surface area contributed by atoms with Crippen molar-refractivity contribution in [2.45, 2.75) is 24.9 Å². The highest BCUT2D eigenvalue weighted by Crippen LogP contribution is 2.41. The minimum absolute atomic E-state index is 0.178. The average Bonchev–Trinajstić information content (AvgIpc) is 2.41. The molecular weight excluding hydrogens is 244 g/mol. The molecule has 0 fully saturated rings. The summed E-state index contributed by atoms with van der Waals surface area (Å²) < 4.78 is 0. The van der Waals surface area contributed by atoms with Crippen molar-refractivity contribution in [2.75, 3.05) is 0 Å². The molecule has 92 valence electrons. The van der Waals surface area contributed by atoms with Crippen LogP contribution in [-0.4, -0.2) is 5.11 Å². The summed E-state index contributed by atoms with van der Waals surface area (Å²) in [5, 5.41) is 11.2. The second-order valence-corrected chi connectivity index (χ2v) is 5.28. The van der Waals surface area contributed by atoms with Gasteiger partial charge in [-0.2, -0.15) is 0 Å². The van der Waals surface area contributed by atoms with Crippen molar-refractivity contribution in [3.8, 4) is 0 Å². The molecule has 2 aromatic carbocycles. The number of aliphatic hydroxyl groups excluding tert-OH is 1. The van der Waals surface area contributed by atoms with Gasteiger partial charge in [0.05, 0.1) is 6.10 Å². The Morgan fingerprint density at radius 1 is 1.06 bits per heavy atom. The summed E-state index contributed by atoms with van der Waals surface area (Å²) in [4.78, 5) is 0. The van der Waals surface area contributed by atoms with E-state index in [1.165, 1.54) is 11.1 Å². The van der Waals surface area contributed by atoms with Crippen LogP contribution >= 0.6 is 11.6 Å². The van der Waals surface area contributed by atoms with Gasteiger partial charge in [-0.25, -0.2) is 0 Å². The van der Waals surface area contributed by atoms with E-state index in [0.717, 1.165) is 18.4 Å². The van der Waals surface area contributed by atoms with E-state index >= 15 is 0 Å². The quantitative estimate of drug-likeness (QED) is 0.816. The maximum atomic E-state index is 10.5. The molecule has 0 saturated heterocycles. The SMILES string of the molecule is O[C@@H]1c2cc(Cl)ccc2CC[C@H]1c1ccccc1. The predicted octanol–water partition coefficient (Wildman–Crippen LogP) is 4.10. The molecule has 1 aliphatic rings. The number of rotatable bonds is 1. The third kappa shape index (κ3) is 2.05. The third-order valence-corrected chi connectivity index (χ3v) is 4.00. The molecule has 1 aliphatic carbocycles. The van der Waals surface area contributed by atoms with E-state index in [1.54, 1.807) is 0 Å². The highest BCUT2D eigenvalue weighted by molar-refractivity contribution is 6.30. The first-order chi connectivity index (χ1) is 8.75. The Morgan fingerprint density at radius 3 is 2.61 bits per heavy atom. The Bertz CT molecular complexity index is 550. The Balaban J connectivity index is 1.99. The van der Waals surface area contributed by atoms with Gasteiger partial charge in [0.2, 0.25) is 0 Å². The minimum atomic E-state index is -0.449. The number of aryl methyl sites for hydroxylation is 1. The van der Waals surface area contributed by atoms with Crippen LogP contribution in [0.25, 0.3) is 0 Å². The van der Waals surface area contributed by atoms with E-state index in [0.29, 0.717) is 5.02 Å². The Hall–Kier alpha value is -1.31. The van der Waals surface area contributed by atoms with Crippen LogP contribution in [0.5, 0.6) is 0 Å². The summed E-state index contributed by atoms with van der Waals surface area (Å²) in [6, 6.07) is 16.1. The number of halogens is 1. The summed E-state index contributed by atoms with van der Waals surface area (Å²) in [7, 11) is 0. The van der Waals surface area contributed by atoms with Crippen LogP contribution in [0.4, 0.5) is 0 Å². The Labute approximate surface area is 112 Å². The van der Waals surface area contributed by atoms with Crippen LogP contribution in [0.3, 0.4) is 0 Å². The monoisotopic (exact) mass is 258 g/mol. The highest BCUT2D eigenvalue weighted by atomic mass is 35.5. The number of hydrogen-bond donors (Lipinski definition) is 1. The molecule has 2 heteroatoms. The van der Waals surface area contributed by atoms with Crippen LogP contribution in [0.2, 0.25) is 5.02 Å². The Kier molecular flexibility index (Phi) is 3.11. The first-order valence-corrected chi connectivity index (χ1v) is 6.65. The van der Waals surface area contributed by atoms with Crippen LogP contribution in [0.15, 0.2) is 48.5 Å². The van der Waals surface area contributed by atoms with E-state index in [-0.39, 0.29) is 5.92 Å². The van der Waals surface area contributed by atoms with Crippen LogP contribution in [-0.2, 0) is 6.42 Å². The lowest BCUT2D eigenvalue weighted by molar-refractivity contribution is 0.131. The zero-order chi connectivity index (χ0) is 12.5. The molecule has 2 atom stereocenters. The average molecular weight is 259 g/mol. The van der Waals surface area contributed by atoms with Crippen molar-refractivity contribution in [3.63, 3.8) is 0 Å². The van der Waals surface area contributed by atoms with Gasteiger partial charge in [-0.15, -0.1) is 0 Å². The zero-order valence-corrected chi connectivity index (χ0v) is 10.8. The molecule has 18 heavy (non-hydrogen) atoms. The molecular formula is C16H15ClO. The normalized spacial score (nSPS) is 22.6. The fourth-order valence-electron chi connectivity index (χ4n) is 2.80. The van der Waals surface area contributed by atoms with Gasteiger partial charge in [0.1, 0.15) is 0 Å². The third-order valence-electron chi connectivity index (χ3n) is 3.76. The molecule has 1 N–H and O–H groups in total. The Morgan fingerprint density at radius 2 is 1.83 bits per heavy atom. The van der Waals surface area contributed by atoms with Crippen molar-refractivity contribution < 1.29 is 5.11 Å². The number of hydrogen-bond acceptors (Lipinski definition) is 1. The maximum Gasteiger partial charge on any atom is 0.0861 e. The van der Waals surface area contributed by atoms with E-state index < -0.39 is 6.10 Å². The van der Waals surface area contributed by atoms with Gasteiger partial charge in [0, 0.05) is 10.9 Å². The van der Waals surface area contributed by atoms with Crippen molar-refractivity contribution in [2.24, 2.45) is 0 Å². The second kappa shape index (κ2) is 4.75. The lowest BCUT2D eigenvalue weighted by Crippen LogP contribution is -2.18. The van der Waals surface area contributed by atoms with Gasteiger partial charge in [0.25, 0.3) is 0 Å². The molecule has 0 aliphatic heterocycles. The zero-order valence-electron chi connectivity index (χ0n) is 10.0. The summed E-state index contributed by atoms with van der Waals surface area (Å²) in [5.41, 5.74) is 3.41. The molecule has 0 radical (unpaired) electrons. The molecule has 0 amide bonds. The van der Waals surface area contributed by atoms with Crippen molar-refractivity contribution in [1.29, 1.82) is 0 Å². The molecule has 0 aromatic heterocycles. The van der Waals surface area contributed by atoms with Gasteiger partial charge in [-0.3, -0.25) is 0 Å². The summed E-state index contributed by atoms with van der Waals surface area (Å²) in [6.45, 7) is 0. The van der Waals surface area contributed by atoms with Crippen LogP contribution in [0.1, 0.15) is 35.1 Å². The fourth-order valence-corrected chi connectivity index (χ4v) is 2.98. The van der Waals surface area contributed by atoms with Gasteiger partial charge in [0.15, 0.2) is 0 Å². The highest BCUT2D eigenvalue weighted by Gasteiger charge is 2.28. The summed E-state index contributed by atoms with van der Waals surface area (Å²) in [6.07, 6.45) is 1.54. The molecule has 1 nitrogen and oxygen atoms in total. The number of aliphatic hydroxyl groups is 1. The molecule has 0 bridgehead atoms. The van der Waals surface area contributed by atoms with E-state index in [9.17, 15) is 5.11 Å². The van der Waals surface area contributed by atoms with Gasteiger partial charge in [-0.05, 0) is 41.7 Å². The largest absolute Gasteiger partial charge is 0.388 e. The maximum absolute atomic E-state index is 10.5. The van der Waals surface area contributed by atoms with Gasteiger partial charge in [-0.1, -0.05) is 48.0 Å². The fraction of sp³-hybridized carbons (Fsp3) is 0.250. The molecule has 0 spiro atoms. The minimum Gasteiger partial charge on any atom is -0.388 e. The predicted molar refractivity (Wildman–Crippen MR) is 73.9 cm³/mol. The lowest BCUT2D eigenvalue weighted by Gasteiger charge is -2.30. The molecule has 0 unspecified atom stereocenters. The smallest absolute Gasteiger partial charge is 0.0861 e. The molecule has 3 rings (SSSR count). The van der Waals surface area contributed by atoms with Crippen molar-refractivity contribution in [3.05, 3.63) is 70.2 Å². The lowest BCUT2D eigenvalue weighted by atomic mass is 9.78. The molecule has 2 aromatic rings.